The number of aryl methyl sites for hydroxylation is 2. The van der Waals surface area contributed by atoms with Gasteiger partial charge in [0, 0.05) is 29.9 Å². The number of aromatic nitrogens is 4. The molecule has 1 N–H and O–H groups in total. The summed E-state index contributed by atoms with van der Waals surface area (Å²) in [6, 6.07) is 10.3. The molecule has 0 saturated carbocycles. The van der Waals surface area contributed by atoms with E-state index in [0.29, 0.717) is 31.3 Å². The fraction of sp³-hybridized carbons (Fsp3) is 0.370. The summed E-state index contributed by atoms with van der Waals surface area (Å²) in [6.07, 6.45) is 1.21. The van der Waals surface area contributed by atoms with Gasteiger partial charge in [-0.1, -0.05) is 0 Å². The van der Waals surface area contributed by atoms with Gasteiger partial charge in [-0.3, -0.25) is 0 Å². The fourth-order valence-corrected chi connectivity index (χ4v) is 5.27. The Morgan fingerprint density at radius 2 is 1.97 bits per heavy atom. The molecule has 0 aliphatic carbocycles. The second kappa shape index (κ2) is 8.74. The Bertz CT molecular complexity index is 1470. The maximum absolute atomic E-state index is 15.0. The highest BCUT2D eigenvalue weighted by molar-refractivity contribution is 5.85. The van der Waals surface area contributed by atoms with Gasteiger partial charge in [-0.15, -0.1) is 0 Å². The van der Waals surface area contributed by atoms with Crippen molar-refractivity contribution in [3.05, 3.63) is 53.7 Å². The normalized spacial score (nSPS) is 17.2. The summed E-state index contributed by atoms with van der Waals surface area (Å²) in [6.45, 7) is 11.0. The van der Waals surface area contributed by atoms with Crippen LogP contribution in [0.5, 0.6) is 5.75 Å². The molecule has 0 radical (unpaired) electrons. The SMILES string of the molecule is Cc1cc(-c2nc(Nc3ccc4c(c3)OCC3COCCN43)ncc2F)cc2c1nc(C)n2C(C)C. The number of hydrogen-bond donors (Lipinski definition) is 1. The van der Waals surface area contributed by atoms with E-state index in [1.54, 1.807) is 0 Å². The van der Waals surface area contributed by atoms with Gasteiger partial charge in [0.15, 0.2) is 5.82 Å². The van der Waals surface area contributed by atoms with Crippen LogP contribution < -0.4 is 15.0 Å². The summed E-state index contributed by atoms with van der Waals surface area (Å²) in [5, 5.41) is 3.22. The molecule has 2 aromatic heterocycles. The molecule has 0 amide bonds. The number of nitrogens with one attached hydrogen (secondary N) is 1. The zero-order valence-electron chi connectivity index (χ0n) is 20.9. The fourth-order valence-electron chi connectivity index (χ4n) is 5.27. The molecule has 2 aliphatic heterocycles. The molecule has 36 heavy (non-hydrogen) atoms. The maximum atomic E-state index is 15.0. The predicted octanol–water partition coefficient (Wildman–Crippen LogP) is 5.17. The van der Waals surface area contributed by atoms with Gasteiger partial charge in [0.05, 0.1) is 42.2 Å². The zero-order chi connectivity index (χ0) is 25.0. The summed E-state index contributed by atoms with van der Waals surface area (Å²) in [7, 11) is 0. The molecule has 4 aromatic rings. The monoisotopic (exact) mass is 488 g/mol. The summed E-state index contributed by atoms with van der Waals surface area (Å²) >= 11 is 0. The number of anilines is 3. The second-order valence-electron chi connectivity index (χ2n) is 9.71. The molecule has 0 spiro atoms. The molecular formula is C27H29FN6O2. The summed E-state index contributed by atoms with van der Waals surface area (Å²) in [5.74, 6) is 1.58. The highest BCUT2D eigenvalue weighted by atomic mass is 19.1. The number of nitrogens with zero attached hydrogens (tertiary/aromatic N) is 5. The number of imidazole rings is 1. The van der Waals surface area contributed by atoms with Gasteiger partial charge < -0.3 is 24.3 Å². The van der Waals surface area contributed by atoms with Gasteiger partial charge in [0.25, 0.3) is 0 Å². The van der Waals surface area contributed by atoms with Crippen LogP contribution in [0.15, 0.2) is 36.5 Å². The minimum atomic E-state index is -0.473. The largest absolute Gasteiger partial charge is 0.489 e. The first-order chi connectivity index (χ1) is 17.4. The lowest BCUT2D eigenvalue weighted by molar-refractivity contribution is 0.0705. The van der Waals surface area contributed by atoms with Gasteiger partial charge in [-0.25, -0.2) is 19.3 Å². The van der Waals surface area contributed by atoms with Crippen LogP contribution in [-0.4, -0.2) is 51.9 Å². The zero-order valence-corrected chi connectivity index (χ0v) is 20.9. The smallest absolute Gasteiger partial charge is 0.227 e. The first kappa shape index (κ1) is 22.7. The van der Waals surface area contributed by atoms with E-state index in [0.717, 1.165) is 46.1 Å². The second-order valence-corrected chi connectivity index (χ2v) is 9.71. The Labute approximate surface area is 209 Å². The van der Waals surface area contributed by atoms with Crippen LogP contribution in [0.2, 0.25) is 0 Å². The molecule has 1 unspecified atom stereocenters. The Hall–Kier alpha value is -3.72. The summed E-state index contributed by atoms with van der Waals surface area (Å²) in [5.41, 5.74) is 5.65. The molecule has 6 rings (SSSR count). The number of benzene rings is 2. The molecule has 4 heterocycles. The van der Waals surface area contributed by atoms with Crippen molar-refractivity contribution in [2.75, 3.05) is 36.6 Å². The third-order valence-corrected chi connectivity index (χ3v) is 6.88. The molecular weight excluding hydrogens is 459 g/mol. The van der Waals surface area contributed by atoms with E-state index in [9.17, 15) is 4.39 Å². The standard InChI is InChI=1S/C27H29FN6O2/c1-15(2)34-17(4)30-25-16(3)9-18(10-23(25)34)26-21(28)12-29-27(32-26)31-19-5-6-22-24(11-19)36-14-20-13-35-8-7-33(20)22/h5-6,9-12,15,20H,7-8,13-14H2,1-4H3,(H,29,31,32). The third kappa shape index (κ3) is 3.83. The van der Waals surface area contributed by atoms with Gasteiger partial charge >= 0.3 is 0 Å². The number of morpholine rings is 1. The Balaban J connectivity index is 1.33. The van der Waals surface area contributed by atoms with E-state index in [1.807, 2.05) is 44.2 Å². The van der Waals surface area contributed by atoms with Crippen molar-refractivity contribution >= 4 is 28.4 Å². The van der Waals surface area contributed by atoms with Crippen molar-refractivity contribution < 1.29 is 13.9 Å². The van der Waals surface area contributed by atoms with Crippen LogP contribution in [0.25, 0.3) is 22.3 Å². The first-order valence-electron chi connectivity index (χ1n) is 12.3. The average molecular weight is 489 g/mol. The topological polar surface area (TPSA) is 77.3 Å². The molecule has 2 aromatic carbocycles. The summed E-state index contributed by atoms with van der Waals surface area (Å²) < 4.78 is 28.7. The Morgan fingerprint density at radius 1 is 1.11 bits per heavy atom. The van der Waals surface area contributed by atoms with Crippen molar-refractivity contribution in [2.24, 2.45) is 0 Å². The van der Waals surface area contributed by atoms with Crippen molar-refractivity contribution in [3.63, 3.8) is 0 Å². The molecule has 2 aliphatic rings. The van der Waals surface area contributed by atoms with Crippen molar-refractivity contribution in [2.45, 2.75) is 39.8 Å². The number of hydrogen-bond acceptors (Lipinski definition) is 7. The van der Waals surface area contributed by atoms with E-state index >= 15 is 0 Å². The van der Waals surface area contributed by atoms with E-state index in [4.69, 9.17) is 14.5 Å². The highest BCUT2D eigenvalue weighted by Gasteiger charge is 2.30. The lowest BCUT2D eigenvalue weighted by Gasteiger charge is -2.41. The van der Waals surface area contributed by atoms with Crippen molar-refractivity contribution in [1.82, 2.24) is 19.5 Å². The predicted molar refractivity (Wildman–Crippen MR) is 138 cm³/mol. The molecule has 0 bridgehead atoms. The maximum Gasteiger partial charge on any atom is 0.227 e. The lowest BCUT2D eigenvalue weighted by atomic mass is 10.1. The van der Waals surface area contributed by atoms with Crippen molar-refractivity contribution in [1.29, 1.82) is 0 Å². The highest BCUT2D eigenvalue weighted by Crippen LogP contribution is 2.38. The minimum Gasteiger partial charge on any atom is -0.489 e. The number of halogens is 1. The van der Waals surface area contributed by atoms with E-state index in [2.05, 4.69) is 38.6 Å². The third-order valence-electron chi connectivity index (χ3n) is 6.88. The van der Waals surface area contributed by atoms with E-state index in [1.165, 1.54) is 6.20 Å². The quantitative estimate of drug-likeness (QED) is 0.425. The number of fused-ring (bicyclic) bond motifs is 4. The lowest BCUT2D eigenvalue weighted by Crippen LogP contribution is -2.51. The van der Waals surface area contributed by atoms with Crippen molar-refractivity contribution in [3.8, 4) is 17.0 Å². The Kier molecular flexibility index (Phi) is 5.52. The van der Waals surface area contributed by atoms with Gasteiger partial charge in [-0.2, -0.15) is 0 Å². The number of ether oxygens (including phenoxy) is 2. The van der Waals surface area contributed by atoms with Crippen LogP contribution >= 0.6 is 0 Å². The van der Waals surface area contributed by atoms with Gasteiger partial charge in [0.1, 0.15) is 23.9 Å². The summed E-state index contributed by atoms with van der Waals surface area (Å²) in [4.78, 5) is 15.8. The number of rotatable bonds is 4. The van der Waals surface area contributed by atoms with Crippen LogP contribution in [0, 0.1) is 19.7 Å². The molecule has 1 saturated heterocycles. The first-order valence-corrected chi connectivity index (χ1v) is 12.3. The molecule has 186 valence electrons. The van der Waals surface area contributed by atoms with E-state index in [-0.39, 0.29) is 17.8 Å². The van der Waals surface area contributed by atoms with Crippen LogP contribution in [0.3, 0.4) is 0 Å². The molecule has 1 atom stereocenters. The van der Waals surface area contributed by atoms with Crippen LogP contribution in [0.4, 0.5) is 21.7 Å². The Morgan fingerprint density at radius 3 is 2.81 bits per heavy atom. The van der Waals surface area contributed by atoms with E-state index < -0.39 is 5.82 Å². The van der Waals surface area contributed by atoms with Crippen LogP contribution in [-0.2, 0) is 4.74 Å². The molecule has 8 nitrogen and oxygen atoms in total. The molecule has 1 fully saturated rings. The molecule has 9 heteroatoms. The minimum absolute atomic E-state index is 0.232. The van der Waals surface area contributed by atoms with Gasteiger partial charge in [-0.05, 0) is 57.5 Å². The average Bonchev–Trinajstić information content (AvgIpc) is 3.21. The van der Waals surface area contributed by atoms with Gasteiger partial charge in [0.2, 0.25) is 5.95 Å². The van der Waals surface area contributed by atoms with Crippen LogP contribution in [0.1, 0.15) is 31.3 Å².